The van der Waals surface area contributed by atoms with E-state index in [4.69, 9.17) is 5.11 Å². The first-order valence-electron chi connectivity index (χ1n) is 5.62. The molecule has 0 fully saturated rings. The summed E-state index contributed by atoms with van der Waals surface area (Å²) in [6.45, 7) is 1.62. The van der Waals surface area contributed by atoms with Gasteiger partial charge in [0.05, 0.1) is 10.6 Å². The summed E-state index contributed by atoms with van der Waals surface area (Å²) in [5, 5.41) is 19.6. The van der Waals surface area contributed by atoms with Gasteiger partial charge in [0.15, 0.2) is 0 Å². The van der Waals surface area contributed by atoms with Crippen LogP contribution in [0.2, 0.25) is 0 Å². The smallest absolute Gasteiger partial charge is 0.341 e. The number of nitro benzene ring substituents is 1. The lowest BCUT2D eigenvalue weighted by Gasteiger charge is -2.06. The van der Waals surface area contributed by atoms with Gasteiger partial charge in [0.25, 0.3) is 11.2 Å². The van der Waals surface area contributed by atoms with Gasteiger partial charge in [0.2, 0.25) is 0 Å². The van der Waals surface area contributed by atoms with Gasteiger partial charge in [0, 0.05) is 17.7 Å². The molecule has 1 aromatic carbocycles. The van der Waals surface area contributed by atoms with Crippen molar-refractivity contribution < 1.29 is 14.8 Å². The van der Waals surface area contributed by atoms with Crippen LogP contribution in [0, 0.1) is 17.0 Å². The third-order valence-electron chi connectivity index (χ3n) is 2.81. The lowest BCUT2D eigenvalue weighted by molar-refractivity contribution is -0.384. The average molecular weight is 274 g/mol. The first-order valence-corrected chi connectivity index (χ1v) is 5.62. The van der Waals surface area contributed by atoms with Crippen LogP contribution in [0.15, 0.2) is 35.1 Å². The number of nitrogens with zero attached hydrogens (tertiary/aromatic N) is 1. The highest BCUT2D eigenvalue weighted by atomic mass is 16.6. The summed E-state index contributed by atoms with van der Waals surface area (Å²) in [5.74, 6) is -1.32. The molecule has 0 atom stereocenters. The SMILES string of the molecule is Cc1cc(C(=O)O)c(=O)[nH]c1-c1cccc([N+](=O)[O-])c1. The van der Waals surface area contributed by atoms with Crippen molar-refractivity contribution >= 4 is 11.7 Å². The normalized spacial score (nSPS) is 10.2. The van der Waals surface area contributed by atoms with Crippen LogP contribution in [0.4, 0.5) is 5.69 Å². The zero-order valence-corrected chi connectivity index (χ0v) is 10.4. The Bertz CT molecular complexity index is 764. The molecule has 0 aliphatic carbocycles. The minimum atomic E-state index is -1.32. The van der Waals surface area contributed by atoms with Gasteiger partial charge in [-0.2, -0.15) is 0 Å². The molecule has 0 radical (unpaired) electrons. The number of hydrogen-bond acceptors (Lipinski definition) is 4. The molecule has 0 aliphatic rings. The van der Waals surface area contributed by atoms with Gasteiger partial charge in [-0.1, -0.05) is 12.1 Å². The van der Waals surface area contributed by atoms with E-state index in [1.54, 1.807) is 13.0 Å². The Morgan fingerprint density at radius 2 is 2.05 bits per heavy atom. The van der Waals surface area contributed by atoms with Crippen LogP contribution in [-0.2, 0) is 0 Å². The van der Waals surface area contributed by atoms with Crippen LogP contribution in [-0.4, -0.2) is 21.0 Å². The van der Waals surface area contributed by atoms with Gasteiger partial charge in [-0.05, 0) is 18.6 Å². The number of aromatic carboxylic acids is 1. The number of benzene rings is 1. The molecule has 2 aromatic rings. The zero-order valence-electron chi connectivity index (χ0n) is 10.4. The van der Waals surface area contributed by atoms with Gasteiger partial charge in [-0.15, -0.1) is 0 Å². The Labute approximate surface area is 112 Å². The number of rotatable bonds is 3. The fourth-order valence-electron chi connectivity index (χ4n) is 1.87. The number of carboxylic acid groups (broad SMARTS) is 1. The summed E-state index contributed by atoms with van der Waals surface area (Å²) in [7, 11) is 0. The van der Waals surface area contributed by atoms with Crippen molar-refractivity contribution in [2.24, 2.45) is 0 Å². The Balaban J connectivity index is 2.62. The second-order valence-corrected chi connectivity index (χ2v) is 4.18. The lowest BCUT2D eigenvalue weighted by atomic mass is 10.0. The van der Waals surface area contributed by atoms with Crippen molar-refractivity contribution in [1.82, 2.24) is 4.98 Å². The van der Waals surface area contributed by atoms with Crippen LogP contribution in [0.5, 0.6) is 0 Å². The first kappa shape index (κ1) is 13.5. The van der Waals surface area contributed by atoms with Gasteiger partial charge >= 0.3 is 5.97 Å². The number of aromatic nitrogens is 1. The Hall–Kier alpha value is -2.96. The van der Waals surface area contributed by atoms with E-state index in [0.29, 0.717) is 16.8 Å². The molecule has 0 aliphatic heterocycles. The monoisotopic (exact) mass is 274 g/mol. The van der Waals surface area contributed by atoms with E-state index in [0.717, 1.165) is 0 Å². The maximum atomic E-state index is 11.7. The van der Waals surface area contributed by atoms with E-state index in [1.807, 2.05) is 0 Å². The molecule has 2 rings (SSSR count). The number of pyridine rings is 1. The fourth-order valence-corrected chi connectivity index (χ4v) is 1.87. The third-order valence-corrected chi connectivity index (χ3v) is 2.81. The Kier molecular flexibility index (Phi) is 3.34. The number of carbonyl (C=O) groups is 1. The molecule has 0 amide bonds. The summed E-state index contributed by atoms with van der Waals surface area (Å²) < 4.78 is 0. The van der Waals surface area contributed by atoms with Gasteiger partial charge < -0.3 is 10.1 Å². The van der Waals surface area contributed by atoms with E-state index < -0.39 is 16.5 Å². The van der Waals surface area contributed by atoms with Crippen LogP contribution in [0.1, 0.15) is 15.9 Å². The van der Waals surface area contributed by atoms with E-state index in [-0.39, 0.29) is 11.3 Å². The second-order valence-electron chi connectivity index (χ2n) is 4.18. The molecule has 20 heavy (non-hydrogen) atoms. The van der Waals surface area contributed by atoms with Crippen molar-refractivity contribution in [2.75, 3.05) is 0 Å². The largest absolute Gasteiger partial charge is 0.477 e. The van der Waals surface area contributed by atoms with E-state index in [1.165, 1.54) is 24.3 Å². The quantitative estimate of drug-likeness (QED) is 0.656. The summed E-state index contributed by atoms with van der Waals surface area (Å²) in [5.41, 5.74) is 0.114. The highest BCUT2D eigenvalue weighted by Gasteiger charge is 2.14. The molecule has 0 saturated heterocycles. The fraction of sp³-hybridized carbons (Fsp3) is 0.0769. The Morgan fingerprint density at radius 1 is 1.35 bits per heavy atom. The number of H-pyrrole nitrogens is 1. The van der Waals surface area contributed by atoms with Gasteiger partial charge in [0.1, 0.15) is 5.56 Å². The number of carboxylic acids is 1. The maximum Gasteiger partial charge on any atom is 0.341 e. The third kappa shape index (κ3) is 2.41. The molecule has 0 bridgehead atoms. The van der Waals surface area contributed by atoms with Gasteiger partial charge in [-0.25, -0.2) is 4.79 Å². The van der Waals surface area contributed by atoms with Crippen molar-refractivity contribution in [3.8, 4) is 11.3 Å². The van der Waals surface area contributed by atoms with Crippen LogP contribution in [0.25, 0.3) is 11.3 Å². The minimum absolute atomic E-state index is 0.106. The minimum Gasteiger partial charge on any atom is -0.477 e. The van der Waals surface area contributed by atoms with Crippen molar-refractivity contribution in [3.63, 3.8) is 0 Å². The maximum absolute atomic E-state index is 11.7. The second kappa shape index (κ2) is 4.96. The van der Waals surface area contributed by atoms with Crippen LogP contribution >= 0.6 is 0 Å². The molecule has 0 saturated carbocycles. The highest BCUT2D eigenvalue weighted by Crippen LogP contribution is 2.24. The number of hydrogen-bond donors (Lipinski definition) is 2. The first-order chi connectivity index (χ1) is 9.40. The van der Waals surface area contributed by atoms with Crippen LogP contribution in [0.3, 0.4) is 0 Å². The van der Waals surface area contributed by atoms with Crippen LogP contribution < -0.4 is 5.56 Å². The Morgan fingerprint density at radius 3 is 2.65 bits per heavy atom. The van der Waals surface area contributed by atoms with E-state index >= 15 is 0 Å². The molecule has 0 unspecified atom stereocenters. The van der Waals surface area contributed by atoms with Gasteiger partial charge in [-0.3, -0.25) is 14.9 Å². The summed E-state index contributed by atoms with van der Waals surface area (Å²) in [6.07, 6.45) is 0. The molecule has 0 spiro atoms. The molecular weight excluding hydrogens is 264 g/mol. The molecule has 1 aromatic heterocycles. The van der Waals surface area contributed by atoms with E-state index in [2.05, 4.69) is 4.98 Å². The molecule has 7 heteroatoms. The van der Waals surface area contributed by atoms with Crippen molar-refractivity contribution in [2.45, 2.75) is 6.92 Å². The van der Waals surface area contributed by atoms with E-state index in [9.17, 15) is 19.7 Å². The lowest BCUT2D eigenvalue weighted by Crippen LogP contribution is -2.18. The van der Waals surface area contributed by atoms with Crippen molar-refractivity contribution in [1.29, 1.82) is 0 Å². The zero-order chi connectivity index (χ0) is 14.9. The number of non-ortho nitro benzene ring substituents is 1. The summed E-state index contributed by atoms with van der Waals surface area (Å²) in [4.78, 5) is 35.2. The highest BCUT2D eigenvalue weighted by molar-refractivity contribution is 5.88. The number of nitro groups is 1. The number of aryl methyl sites for hydroxylation is 1. The number of aromatic amines is 1. The molecule has 2 N–H and O–H groups in total. The molecular formula is C13H10N2O5. The molecule has 1 heterocycles. The standard InChI is InChI=1S/C13H10N2O5/c1-7-5-10(13(17)18)12(16)14-11(7)8-3-2-4-9(6-8)15(19)20/h2-6H,1H3,(H,14,16)(H,17,18). The molecule has 7 nitrogen and oxygen atoms in total. The summed E-state index contributed by atoms with van der Waals surface area (Å²) in [6, 6.07) is 7.00. The number of nitrogens with one attached hydrogen (secondary N) is 1. The average Bonchev–Trinajstić information content (AvgIpc) is 2.40. The predicted octanol–water partition coefficient (Wildman–Crippen LogP) is 1.96. The predicted molar refractivity (Wildman–Crippen MR) is 70.8 cm³/mol. The summed E-state index contributed by atoms with van der Waals surface area (Å²) >= 11 is 0. The topological polar surface area (TPSA) is 113 Å². The molecule has 102 valence electrons. The van der Waals surface area contributed by atoms with Crippen molar-refractivity contribution in [3.05, 3.63) is 61.9 Å².